The minimum Gasteiger partial charge on any atom is -0.355 e. The number of nitrogens with one attached hydrogen (secondary N) is 2. The van der Waals surface area contributed by atoms with Gasteiger partial charge >= 0.3 is 0 Å². The standard InChI is InChI=1S/C12H17ClN2O3S/c1-9(2)12(16)14-6-7-15-19(17,18)11-5-3-4-10(13)8-11/h3-5,8-9,15H,6-7H2,1-2H3,(H,14,16). The van der Waals surface area contributed by atoms with Crippen LogP contribution in [0.5, 0.6) is 0 Å². The zero-order chi connectivity index (χ0) is 14.5. The molecule has 0 bridgehead atoms. The average Bonchev–Trinajstić information content (AvgIpc) is 2.34. The monoisotopic (exact) mass is 304 g/mol. The van der Waals surface area contributed by atoms with E-state index in [0.717, 1.165) is 0 Å². The number of hydrogen-bond acceptors (Lipinski definition) is 3. The van der Waals surface area contributed by atoms with Crippen molar-refractivity contribution in [2.24, 2.45) is 5.92 Å². The van der Waals surface area contributed by atoms with Crippen LogP contribution in [0.4, 0.5) is 0 Å². The molecule has 0 aromatic heterocycles. The second-order valence-electron chi connectivity index (χ2n) is 4.30. The molecular formula is C12H17ClN2O3S. The Morgan fingerprint density at radius 1 is 1.32 bits per heavy atom. The molecule has 1 amide bonds. The second kappa shape index (κ2) is 6.88. The van der Waals surface area contributed by atoms with E-state index in [1.54, 1.807) is 26.0 Å². The minimum absolute atomic E-state index is 0.107. The first kappa shape index (κ1) is 15.9. The third-order valence-electron chi connectivity index (χ3n) is 2.35. The van der Waals surface area contributed by atoms with Gasteiger partial charge in [0.15, 0.2) is 0 Å². The van der Waals surface area contributed by atoms with Crippen molar-refractivity contribution in [2.45, 2.75) is 18.7 Å². The highest BCUT2D eigenvalue weighted by Gasteiger charge is 2.13. The number of carbonyl (C=O) groups excluding carboxylic acids is 1. The van der Waals surface area contributed by atoms with Gasteiger partial charge in [0.05, 0.1) is 4.90 Å². The van der Waals surface area contributed by atoms with Gasteiger partial charge in [-0.15, -0.1) is 0 Å². The maximum absolute atomic E-state index is 11.9. The van der Waals surface area contributed by atoms with E-state index in [1.807, 2.05) is 0 Å². The highest BCUT2D eigenvalue weighted by atomic mass is 35.5. The van der Waals surface area contributed by atoms with Crippen molar-refractivity contribution in [2.75, 3.05) is 13.1 Å². The lowest BCUT2D eigenvalue weighted by atomic mass is 10.2. The Balaban J connectivity index is 2.51. The minimum atomic E-state index is -3.59. The molecule has 0 radical (unpaired) electrons. The fraction of sp³-hybridized carbons (Fsp3) is 0.417. The van der Waals surface area contributed by atoms with Gasteiger partial charge in [-0.25, -0.2) is 13.1 Å². The van der Waals surface area contributed by atoms with Crippen LogP contribution in [-0.2, 0) is 14.8 Å². The third-order valence-corrected chi connectivity index (χ3v) is 4.04. The number of benzene rings is 1. The predicted octanol–water partition coefficient (Wildman–Crippen LogP) is 1.39. The van der Waals surface area contributed by atoms with Crippen molar-refractivity contribution < 1.29 is 13.2 Å². The van der Waals surface area contributed by atoms with Crippen LogP contribution >= 0.6 is 11.6 Å². The van der Waals surface area contributed by atoms with Crippen molar-refractivity contribution in [3.63, 3.8) is 0 Å². The van der Waals surface area contributed by atoms with Gasteiger partial charge < -0.3 is 5.32 Å². The lowest BCUT2D eigenvalue weighted by Crippen LogP contribution is -2.36. The van der Waals surface area contributed by atoms with Gasteiger partial charge in [0, 0.05) is 24.0 Å². The fourth-order valence-electron chi connectivity index (χ4n) is 1.29. The molecule has 1 rings (SSSR count). The van der Waals surface area contributed by atoms with Crippen molar-refractivity contribution in [1.29, 1.82) is 0 Å². The van der Waals surface area contributed by atoms with E-state index in [4.69, 9.17) is 11.6 Å². The highest BCUT2D eigenvalue weighted by Crippen LogP contribution is 2.14. The summed E-state index contributed by atoms with van der Waals surface area (Å²) in [6.07, 6.45) is 0. The average molecular weight is 305 g/mol. The van der Waals surface area contributed by atoms with E-state index in [1.165, 1.54) is 12.1 Å². The smallest absolute Gasteiger partial charge is 0.240 e. The van der Waals surface area contributed by atoms with Crippen LogP contribution in [0.3, 0.4) is 0 Å². The molecule has 0 aliphatic carbocycles. The summed E-state index contributed by atoms with van der Waals surface area (Å²) in [5.41, 5.74) is 0. The maximum Gasteiger partial charge on any atom is 0.240 e. The molecule has 106 valence electrons. The van der Waals surface area contributed by atoms with Gasteiger partial charge in [0.25, 0.3) is 0 Å². The molecule has 7 heteroatoms. The van der Waals surface area contributed by atoms with Crippen molar-refractivity contribution in [3.8, 4) is 0 Å². The first-order valence-electron chi connectivity index (χ1n) is 5.86. The Morgan fingerprint density at radius 2 is 2.00 bits per heavy atom. The Morgan fingerprint density at radius 3 is 2.58 bits per heavy atom. The quantitative estimate of drug-likeness (QED) is 0.780. The van der Waals surface area contributed by atoms with Crippen LogP contribution in [-0.4, -0.2) is 27.4 Å². The molecule has 1 aromatic carbocycles. The van der Waals surface area contributed by atoms with Gasteiger partial charge in [-0.05, 0) is 18.2 Å². The van der Waals surface area contributed by atoms with Gasteiger partial charge in [0.1, 0.15) is 0 Å². The summed E-state index contributed by atoms with van der Waals surface area (Å²) in [5.74, 6) is -0.230. The van der Waals surface area contributed by atoms with Crippen molar-refractivity contribution >= 4 is 27.5 Å². The van der Waals surface area contributed by atoms with Gasteiger partial charge in [-0.3, -0.25) is 4.79 Å². The van der Waals surface area contributed by atoms with Gasteiger partial charge in [-0.2, -0.15) is 0 Å². The van der Waals surface area contributed by atoms with Crippen LogP contribution in [0.15, 0.2) is 29.2 Å². The number of sulfonamides is 1. The molecule has 5 nitrogen and oxygen atoms in total. The van der Waals surface area contributed by atoms with Crippen LogP contribution in [0.2, 0.25) is 5.02 Å². The van der Waals surface area contributed by atoms with Crippen LogP contribution in [0.1, 0.15) is 13.8 Å². The van der Waals surface area contributed by atoms with Crippen LogP contribution < -0.4 is 10.0 Å². The first-order chi connectivity index (χ1) is 8.83. The topological polar surface area (TPSA) is 75.3 Å². The molecule has 0 aliphatic rings. The normalized spacial score (nSPS) is 11.6. The number of amides is 1. The third kappa shape index (κ3) is 5.18. The molecule has 2 N–H and O–H groups in total. The number of rotatable bonds is 6. The molecular weight excluding hydrogens is 288 g/mol. The fourth-order valence-corrected chi connectivity index (χ4v) is 2.62. The number of halogens is 1. The predicted molar refractivity (Wildman–Crippen MR) is 74.5 cm³/mol. The molecule has 19 heavy (non-hydrogen) atoms. The van der Waals surface area contributed by atoms with Crippen LogP contribution in [0.25, 0.3) is 0 Å². The Labute approximate surface area is 118 Å². The zero-order valence-corrected chi connectivity index (χ0v) is 12.4. The SMILES string of the molecule is CC(C)C(=O)NCCNS(=O)(=O)c1cccc(Cl)c1. The maximum atomic E-state index is 11.9. The van der Waals surface area contributed by atoms with Crippen LogP contribution in [0, 0.1) is 5.92 Å². The Kier molecular flexibility index (Phi) is 5.78. The number of hydrogen-bond donors (Lipinski definition) is 2. The molecule has 0 saturated heterocycles. The number of carbonyl (C=O) groups is 1. The zero-order valence-electron chi connectivity index (χ0n) is 10.8. The summed E-state index contributed by atoms with van der Waals surface area (Å²) in [6, 6.07) is 6.00. The summed E-state index contributed by atoms with van der Waals surface area (Å²) in [5, 5.41) is 2.98. The van der Waals surface area contributed by atoms with E-state index in [-0.39, 0.29) is 29.8 Å². The largest absolute Gasteiger partial charge is 0.355 e. The first-order valence-corrected chi connectivity index (χ1v) is 7.72. The second-order valence-corrected chi connectivity index (χ2v) is 6.50. The molecule has 0 fully saturated rings. The van der Waals surface area contributed by atoms with E-state index in [9.17, 15) is 13.2 Å². The van der Waals surface area contributed by atoms with E-state index < -0.39 is 10.0 Å². The van der Waals surface area contributed by atoms with E-state index >= 15 is 0 Å². The molecule has 1 aromatic rings. The summed E-state index contributed by atoms with van der Waals surface area (Å²) >= 11 is 5.74. The van der Waals surface area contributed by atoms with E-state index in [0.29, 0.717) is 5.02 Å². The molecule has 0 saturated carbocycles. The summed E-state index contributed by atoms with van der Waals surface area (Å²) in [7, 11) is -3.59. The Bertz CT molecular complexity index is 544. The summed E-state index contributed by atoms with van der Waals surface area (Å²) in [6.45, 7) is 3.92. The summed E-state index contributed by atoms with van der Waals surface area (Å²) < 4.78 is 26.2. The molecule has 0 heterocycles. The highest BCUT2D eigenvalue weighted by molar-refractivity contribution is 7.89. The van der Waals surface area contributed by atoms with Gasteiger partial charge in [0.2, 0.25) is 15.9 Å². The molecule has 0 aliphatic heterocycles. The lowest BCUT2D eigenvalue weighted by Gasteiger charge is -2.09. The van der Waals surface area contributed by atoms with Gasteiger partial charge in [-0.1, -0.05) is 31.5 Å². The molecule has 0 spiro atoms. The molecule has 0 atom stereocenters. The van der Waals surface area contributed by atoms with Crippen molar-refractivity contribution in [1.82, 2.24) is 10.0 Å². The lowest BCUT2D eigenvalue weighted by molar-refractivity contribution is -0.123. The Hall–Kier alpha value is -1.11. The van der Waals surface area contributed by atoms with Crippen molar-refractivity contribution in [3.05, 3.63) is 29.3 Å². The van der Waals surface area contributed by atoms with E-state index in [2.05, 4.69) is 10.0 Å². The molecule has 0 unspecified atom stereocenters. The summed E-state index contributed by atoms with van der Waals surface area (Å²) in [4.78, 5) is 11.4.